The maximum absolute atomic E-state index is 12.1. The minimum absolute atomic E-state index is 0.00195. The second-order valence-electron chi connectivity index (χ2n) is 5.26. The fourth-order valence-corrected chi connectivity index (χ4v) is 2.73. The molecule has 0 aliphatic carbocycles. The normalized spacial score (nSPS) is 11.1. The highest BCUT2D eigenvalue weighted by atomic mass is 32.2. The number of carbonyl (C=O) groups excluding carboxylic acids is 1. The Morgan fingerprint density at radius 3 is 2.57 bits per heavy atom. The summed E-state index contributed by atoms with van der Waals surface area (Å²) in [4.78, 5) is 15.2. The summed E-state index contributed by atoms with van der Waals surface area (Å²) in [7, 11) is 1.94. The van der Waals surface area contributed by atoms with Crippen LogP contribution in [0.3, 0.4) is 0 Å². The van der Waals surface area contributed by atoms with Crippen molar-refractivity contribution in [2.24, 2.45) is 0 Å². The van der Waals surface area contributed by atoms with E-state index in [9.17, 15) is 4.79 Å². The van der Waals surface area contributed by atoms with E-state index >= 15 is 0 Å². The SMILES string of the molecule is CSc1ccccc1NC(=O)CN(C)C/C=C/c1ccccc1. The number of anilines is 1. The number of carbonyl (C=O) groups is 1. The minimum atomic E-state index is 0.00195. The van der Waals surface area contributed by atoms with E-state index in [0.717, 1.165) is 17.1 Å². The number of likely N-dealkylation sites (N-methyl/N-ethyl adjacent to an activating group) is 1. The van der Waals surface area contributed by atoms with E-state index in [4.69, 9.17) is 0 Å². The smallest absolute Gasteiger partial charge is 0.238 e. The predicted octanol–water partition coefficient (Wildman–Crippen LogP) is 3.99. The third-order valence-electron chi connectivity index (χ3n) is 3.32. The van der Waals surface area contributed by atoms with Crippen LogP contribution in [0.4, 0.5) is 5.69 Å². The Labute approximate surface area is 142 Å². The lowest BCUT2D eigenvalue weighted by atomic mass is 10.2. The first-order valence-corrected chi connectivity index (χ1v) is 8.74. The highest BCUT2D eigenvalue weighted by Gasteiger charge is 2.08. The standard InChI is InChI=1S/C19H22N2OS/c1-21(14-8-11-16-9-4-3-5-10-16)15-19(22)20-17-12-6-7-13-18(17)23-2/h3-13H,14-15H2,1-2H3,(H,20,22)/b11-8+. The lowest BCUT2D eigenvalue weighted by Crippen LogP contribution is -2.30. The van der Waals surface area contributed by atoms with Gasteiger partial charge in [-0.05, 0) is 31.0 Å². The number of hydrogen-bond acceptors (Lipinski definition) is 3. The predicted molar refractivity (Wildman–Crippen MR) is 99.8 cm³/mol. The molecular weight excluding hydrogens is 304 g/mol. The highest BCUT2D eigenvalue weighted by molar-refractivity contribution is 7.98. The van der Waals surface area contributed by atoms with Crippen molar-refractivity contribution < 1.29 is 4.79 Å². The zero-order chi connectivity index (χ0) is 16.5. The van der Waals surface area contributed by atoms with Crippen molar-refractivity contribution in [1.29, 1.82) is 0 Å². The molecule has 2 rings (SSSR count). The first-order valence-electron chi connectivity index (χ1n) is 7.52. The number of amides is 1. The van der Waals surface area contributed by atoms with Crippen LogP contribution in [-0.4, -0.2) is 37.2 Å². The molecule has 0 radical (unpaired) electrons. The summed E-state index contributed by atoms with van der Waals surface area (Å²) in [6, 6.07) is 18.0. The molecular formula is C19H22N2OS. The Kier molecular flexibility index (Phi) is 6.91. The zero-order valence-corrected chi connectivity index (χ0v) is 14.3. The number of nitrogens with one attached hydrogen (secondary N) is 1. The molecule has 3 nitrogen and oxygen atoms in total. The molecule has 0 saturated heterocycles. The van der Waals surface area contributed by atoms with Crippen molar-refractivity contribution in [3.05, 3.63) is 66.2 Å². The van der Waals surface area contributed by atoms with Crippen LogP contribution in [0.2, 0.25) is 0 Å². The molecule has 4 heteroatoms. The van der Waals surface area contributed by atoms with Gasteiger partial charge in [0.25, 0.3) is 0 Å². The van der Waals surface area contributed by atoms with Crippen LogP contribution in [-0.2, 0) is 4.79 Å². The topological polar surface area (TPSA) is 32.3 Å². The van der Waals surface area contributed by atoms with Gasteiger partial charge in [-0.2, -0.15) is 0 Å². The number of rotatable bonds is 7. The van der Waals surface area contributed by atoms with Gasteiger partial charge in [-0.25, -0.2) is 0 Å². The second kappa shape index (κ2) is 9.18. The Balaban J connectivity index is 1.81. The molecule has 1 N–H and O–H groups in total. The molecule has 0 heterocycles. The number of hydrogen-bond donors (Lipinski definition) is 1. The number of thioether (sulfide) groups is 1. The van der Waals surface area contributed by atoms with Crippen molar-refractivity contribution in [2.45, 2.75) is 4.90 Å². The van der Waals surface area contributed by atoms with Crippen molar-refractivity contribution in [3.8, 4) is 0 Å². The van der Waals surface area contributed by atoms with Crippen LogP contribution in [0.15, 0.2) is 65.6 Å². The Bertz CT molecular complexity index is 655. The minimum Gasteiger partial charge on any atom is -0.324 e. The summed E-state index contributed by atoms with van der Waals surface area (Å²) >= 11 is 1.63. The first-order chi connectivity index (χ1) is 11.2. The summed E-state index contributed by atoms with van der Waals surface area (Å²) < 4.78 is 0. The van der Waals surface area contributed by atoms with Crippen molar-refractivity contribution >= 4 is 29.4 Å². The molecule has 0 fully saturated rings. The largest absolute Gasteiger partial charge is 0.324 e. The average molecular weight is 326 g/mol. The van der Waals surface area contributed by atoms with E-state index in [1.807, 2.05) is 60.7 Å². The fraction of sp³-hybridized carbons (Fsp3) is 0.211. The Hall–Kier alpha value is -2.04. The third kappa shape index (κ3) is 5.93. The lowest BCUT2D eigenvalue weighted by molar-refractivity contribution is -0.116. The van der Waals surface area contributed by atoms with Crippen molar-refractivity contribution in [1.82, 2.24) is 4.90 Å². The maximum atomic E-state index is 12.1. The Morgan fingerprint density at radius 1 is 1.13 bits per heavy atom. The van der Waals surface area contributed by atoms with Crippen LogP contribution in [0.5, 0.6) is 0 Å². The molecule has 120 valence electrons. The van der Waals surface area contributed by atoms with Gasteiger partial charge in [-0.1, -0.05) is 54.6 Å². The van der Waals surface area contributed by atoms with Gasteiger partial charge in [0.2, 0.25) is 5.91 Å². The summed E-state index contributed by atoms with van der Waals surface area (Å²) in [6.45, 7) is 1.09. The monoisotopic (exact) mass is 326 g/mol. The molecule has 2 aromatic carbocycles. The molecule has 0 aliphatic heterocycles. The van der Waals surface area contributed by atoms with E-state index in [1.54, 1.807) is 11.8 Å². The van der Waals surface area contributed by atoms with Gasteiger partial charge in [-0.15, -0.1) is 11.8 Å². The van der Waals surface area contributed by atoms with Crippen molar-refractivity contribution in [2.75, 3.05) is 31.7 Å². The van der Waals surface area contributed by atoms with Crippen molar-refractivity contribution in [3.63, 3.8) is 0 Å². The summed E-state index contributed by atoms with van der Waals surface area (Å²) in [5.41, 5.74) is 2.04. The molecule has 1 amide bonds. The van der Waals surface area contributed by atoms with Crippen LogP contribution in [0.25, 0.3) is 6.08 Å². The molecule has 0 aromatic heterocycles. The van der Waals surface area contributed by atoms with Gasteiger partial charge >= 0.3 is 0 Å². The molecule has 0 spiro atoms. The van der Waals surface area contributed by atoms with Crippen LogP contribution in [0, 0.1) is 0 Å². The lowest BCUT2D eigenvalue weighted by Gasteiger charge is -2.15. The van der Waals surface area contributed by atoms with Gasteiger partial charge in [0.1, 0.15) is 0 Å². The molecule has 0 unspecified atom stereocenters. The quantitative estimate of drug-likeness (QED) is 0.781. The maximum Gasteiger partial charge on any atom is 0.238 e. The van der Waals surface area contributed by atoms with Gasteiger partial charge in [0, 0.05) is 11.4 Å². The van der Waals surface area contributed by atoms with Gasteiger partial charge in [-0.3, -0.25) is 9.69 Å². The van der Waals surface area contributed by atoms with E-state index < -0.39 is 0 Å². The van der Waals surface area contributed by atoms with E-state index in [1.165, 1.54) is 5.56 Å². The van der Waals surface area contributed by atoms with E-state index in [0.29, 0.717) is 6.54 Å². The molecule has 0 atom stereocenters. The summed E-state index contributed by atoms with van der Waals surface area (Å²) in [5.74, 6) is 0.00195. The third-order valence-corrected chi connectivity index (χ3v) is 4.12. The number of para-hydroxylation sites is 1. The molecule has 23 heavy (non-hydrogen) atoms. The fourth-order valence-electron chi connectivity index (χ4n) is 2.18. The second-order valence-corrected chi connectivity index (χ2v) is 6.11. The first kappa shape index (κ1) is 17.3. The summed E-state index contributed by atoms with van der Waals surface area (Å²) in [6.07, 6.45) is 6.14. The van der Waals surface area contributed by atoms with Crippen LogP contribution >= 0.6 is 11.8 Å². The Morgan fingerprint density at radius 2 is 1.83 bits per heavy atom. The van der Waals surface area contributed by atoms with E-state index in [2.05, 4.69) is 29.6 Å². The molecule has 2 aromatic rings. The molecule has 0 saturated carbocycles. The summed E-state index contributed by atoms with van der Waals surface area (Å²) in [5, 5.41) is 2.97. The number of benzene rings is 2. The van der Waals surface area contributed by atoms with Crippen LogP contribution in [0.1, 0.15) is 5.56 Å². The van der Waals surface area contributed by atoms with E-state index in [-0.39, 0.29) is 5.91 Å². The average Bonchev–Trinajstić information content (AvgIpc) is 2.56. The molecule has 0 aliphatic rings. The van der Waals surface area contributed by atoms with Gasteiger partial charge < -0.3 is 5.32 Å². The van der Waals surface area contributed by atoms with Gasteiger partial charge in [0.15, 0.2) is 0 Å². The number of nitrogens with zero attached hydrogens (tertiary/aromatic N) is 1. The van der Waals surface area contributed by atoms with Gasteiger partial charge in [0.05, 0.1) is 12.2 Å². The van der Waals surface area contributed by atoms with Crippen LogP contribution < -0.4 is 5.32 Å². The zero-order valence-electron chi connectivity index (χ0n) is 13.5. The molecule has 0 bridgehead atoms. The highest BCUT2D eigenvalue weighted by Crippen LogP contribution is 2.24.